The van der Waals surface area contributed by atoms with Crippen molar-refractivity contribution in [3.05, 3.63) is 67.4 Å². The Kier molecular flexibility index (Phi) is 5.93. The third-order valence-corrected chi connectivity index (χ3v) is 5.51. The first kappa shape index (κ1) is 19.8. The third kappa shape index (κ3) is 4.14. The van der Waals surface area contributed by atoms with Gasteiger partial charge in [-0.1, -0.05) is 29.8 Å². The van der Waals surface area contributed by atoms with Gasteiger partial charge >= 0.3 is 0 Å². The van der Waals surface area contributed by atoms with Crippen molar-refractivity contribution in [3.8, 4) is 17.3 Å². The van der Waals surface area contributed by atoms with Crippen LogP contribution < -0.4 is 10.9 Å². The number of nitriles is 1. The van der Waals surface area contributed by atoms with Gasteiger partial charge in [-0.3, -0.25) is 9.59 Å². The van der Waals surface area contributed by atoms with Crippen molar-refractivity contribution in [2.24, 2.45) is 0 Å². The number of rotatable bonds is 5. The number of pyridine rings is 1. The van der Waals surface area contributed by atoms with E-state index in [1.165, 1.54) is 11.3 Å². The molecule has 0 aliphatic rings. The number of aromatic amines is 1. The van der Waals surface area contributed by atoms with Crippen molar-refractivity contribution in [1.29, 1.82) is 5.26 Å². The summed E-state index contributed by atoms with van der Waals surface area (Å²) in [4.78, 5) is 31.2. The van der Waals surface area contributed by atoms with Gasteiger partial charge < -0.3 is 10.3 Å². The lowest BCUT2D eigenvalue weighted by molar-refractivity contribution is -0.116. The summed E-state index contributed by atoms with van der Waals surface area (Å²) in [5.74, 6) is -0.191. The molecule has 28 heavy (non-hydrogen) atoms. The Morgan fingerprint density at radius 2 is 2.11 bits per heavy atom. The van der Waals surface area contributed by atoms with Crippen molar-refractivity contribution < 1.29 is 4.79 Å². The molecule has 142 valence electrons. The second-order valence-electron chi connectivity index (χ2n) is 6.24. The van der Waals surface area contributed by atoms with Crippen LogP contribution in [0.3, 0.4) is 0 Å². The number of aromatic nitrogens is 2. The molecule has 0 radical (unpaired) electrons. The van der Waals surface area contributed by atoms with Gasteiger partial charge in [-0.2, -0.15) is 5.26 Å². The number of amides is 1. The first-order chi connectivity index (χ1) is 13.4. The molecule has 0 bridgehead atoms. The highest BCUT2D eigenvalue weighted by molar-refractivity contribution is 7.14. The molecular weight excluding hydrogens is 396 g/mol. The number of benzene rings is 1. The van der Waals surface area contributed by atoms with E-state index in [1.54, 1.807) is 19.9 Å². The second-order valence-corrected chi connectivity index (χ2v) is 7.50. The van der Waals surface area contributed by atoms with Crippen LogP contribution in [0.15, 0.2) is 34.4 Å². The first-order valence-electron chi connectivity index (χ1n) is 8.53. The topological polar surface area (TPSA) is 98.6 Å². The van der Waals surface area contributed by atoms with Crippen molar-refractivity contribution in [1.82, 2.24) is 9.97 Å². The van der Waals surface area contributed by atoms with Gasteiger partial charge in [0.2, 0.25) is 5.91 Å². The van der Waals surface area contributed by atoms with Crippen molar-refractivity contribution in [2.75, 3.05) is 5.32 Å². The normalized spacial score (nSPS) is 10.5. The number of hydrogen-bond acceptors (Lipinski definition) is 5. The Morgan fingerprint density at radius 1 is 1.36 bits per heavy atom. The van der Waals surface area contributed by atoms with E-state index in [0.29, 0.717) is 33.5 Å². The molecule has 0 aliphatic heterocycles. The summed E-state index contributed by atoms with van der Waals surface area (Å²) in [6.45, 7) is 3.49. The minimum absolute atomic E-state index is 0.0883. The number of hydrogen-bond donors (Lipinski definition) is 2. The van der Waals surface area contributed by atoms with E-state index >= 15 is 0 Å². The maximum atomic E-state index is 12.3. The summed E-state index contributed by atoms with van der Waals surface area (Å²) in [5, 5.41) is 14.9. The Bertz CT molecular complexity index is 1140. The molecule has 2 aromatic heterocycles. The zero-order valence-electron chi connectivity index (χ0n) is 15.3. The van der Waals surface area contributed by atoms with Crippen molar-refractivity contribution in [2.45, 2.75) is 26.7 Å². The molecule has 0 unspecified atom stereocenters. The van der Waals surface area contributed by atoms with Crippen LogP contribution in [0.2, 0.25) is 5.02 Å². The number of halogens is 1. The summed E-state index contributed by atoms with van der Waals surface area (Å²) >= 11 is 7.51. The highest BCUT2D eigenvalue weighted by Crippen LogP contribution is 2.30. The van der Waals surface area contributed by atoms with Crippen LogP contribution in [0.5, 0.6) is 0 Å². The summed E-state index contributed by atoms with van der Waals surface area (Å²) in [6, 6.07) is 9.31. The molecule has 0 aliphatic carbocycles. The summed E-state index contributed by atoms with van der Waals surface area (Å²) in [5.41, 5.74) is 3.30. The number of nitrogens with one attached hydrogen (secondary N) is 2. The highest BCUT2D eigenvalue weighted by atomic mass is 35.5. The third-order valence-electron chi connectivity index (χ3n) is 4.42. The van der Waals surface area contributed by atoms with E-state index in [1.807, 2.05) is 29.6 Å². The lowest BCUT2D eigenvalue weighted by Crippen LogP contribution is -2.18. The van der Waals surface area contributed by atoms with Crippen LogP contribution in [0, 0.1) is 25.2 Å². The van der Waals surface area contributed by atoms with Crippen LogP contribution in [-0.4, -0.2) is 15.9 Å². The molecule has 3 aromatic rings. The van der Waals surface area contributed by atoms with Crippen LogP contribution in [0.1, 0.15) is 28.8 Å². The maximum Gasteiger partial charge on any atom is 0.266 e. The number of thiazole rings is 1. The summed E-state index contributed by atoms with van der Waals surface area (Å²) in [7, 11) is 0. The molecule has 0 fully saturated rings. The molecule has 0 atom stereocenters. The average Bonchev–Trinajstić information content (AvgIpc) is 3.10. The predicted octanol–water partition coefficient (Wildman–Crippen LogP) is 4.21. The number of aryl methyl sites for hydroxylation is 1. The molecular formula is C20H17ClN4O2S. The Balaban J connectivity index is 1.69. The van der Waals surface area contributed by atoms with Gasteiger partial charge in [0.05, 0.1) is 5.69 Å². The Hall–Kier alpha value is -2.95. The van der Waals surface area contributed by atoms with Crippen molar-refractivity contribution >= 4 is 34.0 Å². The maximum absolute atomic E-state index is 12.3. The lowest BCUT2D eigenvalue weighted by Gasteiger charge is -2.10. The smallest absolute Gasteiger partial charge is 0.266 e. The van der Waals surface area contributed by atoms with E-state index in [0.717, 1.165) is 11.1 Å². The highest BCUT2D eigenvalue weighted by Gasteiger charge is 2.14. The van der Waals surface area contributed by atoms with E-state index in [4.69, 9.17) is 16.9 Å². The zero-order valence-corrected chi connectivity index (χ0v) is 16.9. The molecule has 1 aromatic carbocycles. The molecule has 0 saturated heterocycles. The molecule has 8 heteroatoms. The minimum Gasteiger partial charge on any atom is -0.325 e. The van der Waals surface area contributed by atoms with Gasteiger partial charge in [-0.15, -0.1) is 11.3 Å². The number of H-pyrrole nitrogens is 1. The van der Waals surface area contributed by atoms with E-state index < -0.39 is 5.56 Å². The average molecular weight is 413 g/mol. The van der Waals surface area contributed by atoms with E-state index in [9.17, 15) is 9.59 Å². The molecule has 2 N–H and O–H groups in total. The van der Waals surface area contributed by atoms with Gasteiger partial charge in [0.15, 0.2) is 5.13 Å². The molecule has 0 saturated carbocycles. The van der Waals surface area contributed by atoms with Gasteiger partial charge in [-0.25, -0.2) is 4.98 Å². The zero-order chi connectivity index (χ0) is 20.3. The molecule has 6 nitrogen and oxygen atoms in total. The van der Waals surface area contributed by atoms with Crippen LogP contribution >= 0.6 is 22.9 Å². The number of anilines is 1. The fourth-order valence-electron chi connectivity index (χ4n) is 2.96. The number of carbonyl (C=O) groups excluding carboxylic acids is 1. The quantitative estimate of drug-likeness (QED) is 0.655. The van der Waals surface area contributed by atoms with E-state index in [-0.39, 0.29) is 17.9 Å². The monoisotopic (exact) mass is 412 g/mol. The van der Waals surface area contributed by atoms with Gasteiger partial charge in [0.25, 0.3) is 5.56 Å². The fourth-order valence-corrected chi connectivity index (χ4v) is 3.92. The lowest BCUT2D eigenvalue weighted by atomic mass is 9.99. The number of carbonyl (C=O) groups is 1. The van der Waals surface area contributed by atoms with Gasteiger partial charge in [0.1, 0.15) is 11.6 Å². The van der Waals surface area contributed by atoms with E-state index in [2.05, 4.69) is 15.3 Å². The Labute approximate surface area is 170 Å². The molecule has 0 spiro atoms. The molecule has 1 amide bonds. The number of nitrogens with zero attached hydrogens (tertiary/aromatic N) is 2. The van der Waals surface area contributed by atoms with Crippen molar-refractivity contribution in [3.63, 3.8) is 0 Å². The standard InChI is InChI=1S/C20H17ClN4O2S/c1-11-13(12(2)23-19(27)15(11)9-22)7-8-18(26)25-20-24-17(10-28-20)14-5-3-4-6-16(14)21/h3-6,10H,7-8H2,1-2H3,(H,23,27)(H,24,25,26). The molecule has 2 heterocycles. The fraction of sp³-hybridized carbons (Fsp3) is 0.200. The Morgan fingerprint density at radius 3 is 2.82 bits per heavy atom. The van der Waals surface area contributed by atoms with Gasteiger partial charge in [-0.05, 0) is 37.5 Å². The first-order valence-corrected chi connectivity index (χ1v) is 9.79. The van der Waals surface area contributed by atoms with Crippen LogP contribution in [0.25, 0.3) is 11.3 Å². The van der Waals surface area contributed by atoms with Crippen LogP contribution in [-0.2, 0) is 11.2 Å². The second kappa shape index (κ2) is 8.38. The minimum atomic E-state index is -0.402. The summed E-state index contributed by atoms with van der Waals surface area (Å²) in [6.07, 6.45) is 0.622. The summed E-state index contributed by atoms with van der Waals surface area (Å²) < 4.78 is 0. The molecule has 3 rings (SSSR count). The SMILES string of the molecule is Cc1[nH]c(=O)c(C#N)c(C)c1CCC(=O)Nc1nc(-c2ccccc2Cl)cs1. The largest absolute Gasteiger partial charge is 0.325 e. The predicted molar refractivity (Wildman–Crippen MR) is 111 cm³/mol. The van der Waals surface area contributed by atoms with Crippen LogP contribution in [0.4, 0.5) is 5.13 Å². The van der Waals surface area contributed by atoms with Gasteiger partial charge in [0, 0.05) is 28.1 Å².